The number of rotatable bonds is 6. The Kier molecular flexibility index (Phi) is 8.38. The van der Waals surface area contributed by atoms with Crippen LogP contribution < -0.4 is 0 Å². The first kappa shape index (κ1) is 35.5. The number of hydrogen-bond acceptors (Lipinski definition) is 4. The summed E-state index contributed by atoms with van der Waals surface area (Å²) >= 11 is 0. The molecule has 4 heteroatoms. The maximum Gasteiger partial charge on any atom is 0.164 e. The summed E-state index contributed by atoms with van der Waals surface area (Å²) in [4.78, 5) is 15.5. The van der Waals surface area contributed by atoms with Crippen molar-refractivity contribution in [3.05, 3.63) is 199 Å². The number of hydrogen-bond donors (Lipinski definition) is 0. The van der Waals surface area contributed by atoms with Crippen molar-refractivity contribution < 1.29 is 4.42 Å². The molecular weight excluding hydrogens is 743 g/mol. The molecule has 0 N–H and O–H groups in total. The van der Waals surface area contributed by atoms with Gasteiger partial charge < -0.3 is 4.42 Å². The highest BCUT2D eigenvalue weighted by molar-refractivity contribution is 6.05. The minimum absolute atomic E-state index is 0.157. The Balaban J connectivity index is 0.943. The van der Waals surface area contributed by atoms with Crippen LogP contribution in [0.5, 0.6) is 0 Å². The molecule has 2 aliphatic carbocycles. The van der Waals surface area contributed by atoms with Crippen molar-refractivity contribution in [2.45, 2.75) is 37.5 Å². The van der Waals surface area contributed by atoms with E-state index in [1.54, 1.807) is 0 Å². The Labute approximate surface area is 355 Å². The van der Waals surface area contributed by atoms with Crippen LogP contribution in [-0.4, -0.2) is 15.0 Å². The predicted molar refractivity (Wildman–Crippen MR) is 249 cm³/mol. The molecule has 0 atom stereocenters. The third-order valence-electron chi connectivity index (χ3n) is 13.1. The molecule has 2 heterocycles. The second-order valence-corrected chi connectivity index (χ2v) is 16.7. The van der Waals surface area contributed by atoms with Gasteiger partial charge in [-0.3, -0.25) is 0 Å². The van der Waals surface area contributed by atoms with Crippen molar-refractivity contribution in [3.63, 3.8) is 0 Å². The van der Waals surface area contributed by atoms with Crippen molar-refractivity contribution in [1.29, 1.82) is 0 Å². The number of fused-ring (bicyclic) bond motifs is 8. The summed E-state index contributed by atoms with van der Waals surface area (Å²) < 4.78 is 6.31. The van der Waals surface area contributed by atoms with Crippen LogP contribution in [0.25, 0.3) is 101 Å². The van der Waals surface area contributed by atoms with Gasteiger partial charge in [0.25, 0.3) is 0 Å². The lowest BCUT2D eigenvalue weighted by molar-refractivity contribution is 0.353. The molecule has 0 unspecified atom stereocenters. The van der Waals surface area contributed by atoms with Gasteiger partial charge in [-0.2, -0.15) is 0 Å². The zero-order valence-corrected chi connectivity index (χ0v) is 33.7. The molecule has 8 aromatic carbocycles. The van der Waals surface area contributed by atoms with Crippen LogP contribution in [0.2, 0.25) is 0 Å². The molecule has 0 amide bonds. The van der Waals surface area contributed by atoms with Gasteiger partial charge in [0.2, 0.25) is 0 Å². The molecule has 0 radical (unpaired) electrons. The van der Waals surface area contributed by atoms with E-state index in [0.717, 1.165) is 60.9 Å². The minimum Gasteiger partial charge on any atom is -0.456 e. The number of benzene rings is 8. The monoisotopic (exact) mass is 783 g/mol. The number of aromatic nitrogens is 3. The van der Waals surface area contributed by atoms with Crippen LogP contribution >= 0.6 is 0 Å². The Morgan fingerprint density at radius 3 is 1.52 bits per heavy atom. The molecule has 61 heavy (non-hydrogen) atoms. The van der Waals surface area contributed by atoms with Crippen LogP contribution in [0, 0.1) is 0 Å². The van der Waals surface area contributed by atoms with Crippen molar-refractivity contribution in [2.75, 3.05) is 0 Å². The fourth-order valence-electron chi connectivity index (χ4n) is 10.2. The standard InChI is InChI=1S/C57H41N3O/c1-3-14-37(15-4-1)38-16-12-20-43(33-38)54-58-55(60-56(59-54)45-26-28-48-47-23-6-8-25-52(47)61-53(48)36-45)44-21-13-19-41(34-44)39-17-11-18-40(32-39)42-27-29-51-49(35-42)46-22-5-7-24-50(46)57(51)30-9-2-10-31-57/h1,3-8,11-29,32-36H,2,9-10,30-31H2. The lowest BCUT2D eigenvalue weighted by atomic mass is 9.68. The van der Waals surface area contributed by atoms with E-state index in [-0.39, 0.29) is 5.41 Å². The second kappa shape index (κ2) is 14.4. The Hall–Kier alpha value is -7.43. The highest BCUT2D eigenvalue weighted by Gasteiger charge is 2.43. The molecule has 0 bridgehead atoms. The van der Waals surface area contributed by atoms with Gasteiger partial charge in [-0.1, -0.05) is 165 Å². The summed E-state index contributed by atoms with van der Waals surface area (Å²) in [6, 6.07) is 67.1. The SMILES string of the molecule is c1ccc(-c2cccc(-c3nc(-c4cccc(-c5cccc(-c6ccc7c(c6)-c6ccccc6C76CCCCC6)c5)c4)nc(-c4ccc5c(c4)oc4ccccc45)n3)c2)cc1. The van der Waals surface area contributed by atoms with Crippen molar-refractivity contribution >= 4 is 21.9 Å². The van der Waals surface area contributed by atoms with Gasteiger partial charge >= 0.3 is 0 Å². The lowest BCUT2D eigenvalue weighted by Crippen LogP contribution is -2.27. The Morgan fingerprint density at radius 2 is 0.820 bits per heavy atom. The van der Waals surface area contributed by atoms with Gasteiger partial charge in [-0.05, 0) is 111 Å². The summed E-state index contributed by atoms with van der Waals surface area (Å²) in [6.45, 7) is 0. The molecule has 10 aromatic rings. The average molecular weight is 784 g/mol. The summed E-state index contributed by atoms with van der Waals surface area (Å²) in [5, 5.41) is 2.16. The largest absolute Gasteiger partial charge is 0.456 e. The molecule has 1 spiro atoms. The summed E-state index contributed by atoms with van der Waals surface area (Å²) in [5.41, 5.74) is 17.3. The predicted octanol–water partition coefficient (Wildman–Crippen LogP) is 15.0. The maximum atomic E-state index is 6.31. The highest BCUT2D eigenvalue weighted by atomic mass is 16.3. The number of furan rings is 1. The molecule has 1 fully saturated rings. The molecule has 1 saturated carbocycles. The zero-order chi connectivity index (χ0) is 40.3. The van der Waals surface area contributed by atoms with Crippen LogP contribution in [0.15, 0.2) is 192 Å². The Morgan fingerprint density at radius 1 is 0.328 bits per heavy atom. The zero-order valence-electron chi connectivity index (χ0n) is 33.7. The first-order valence-electron chi connectivity index (χ1n) is 21.5. The normalized spacial score (nSPS) is 14.0. The van der Waals surface area contributed by atoms with E-state index in [4.69, 9.17) is 19.4 Å². The highest BCUT2D eigenvalue weighted by Crippen LogP contribution is 2.56. The lowest BCUT2D eigenvalue weighted by Gasteiger charge is -2.36. The van der Waals surface area contributed by atoms with Gasteiger partial charge in [0.05, 0.1) is 0 Å². The molecule has 2 aromatic heterocycles. The van der Waals surface area contributed by atoms with Gasteiger partial charge in [0, 0.05) is 32.9 Å². The maximum absolute atomic E-state index is 6.31. The van der Waals surface area contributed by atoms with Gasteiger partial charge in [-0.15, -0.1) is 0 Å². The van der Waals surface area contributed by atoms with Gasteiger partial charge in [0.1, 0.15) is 11.2 Å². The first-order valence-corrected chi connectivity index (χ1v) is 21.5. The van der Waals surface area contributed by atoms with E-state index in [2.05, 4.69) is 158 Å². The fraction of sp³-hybridized carbons (Fsp3) is 0.105. The molecule has 0 aliphatic heterocycles. The number of nitrogens with zero attached hydrogens (tertiary/aromatic N) is 3. The van der Waals surface area contributed by atoms with Crippen molar-refractivity contribution in [3.8, 4) is 78.7 Å². The second-order valence-electron chi connectivity index (χ2n) is 16.7. The third-order valence-corrected chi connectivity index (χ3v) is 13.1. The van der Waals surface area contributed by atoms with Crippen molar-refractivity contribution in [2.24, 2.45) is 0 Å². The average Bonchev–Trinajstić information content (AvgIpc) is 3.84. The topological polar surface area (TPSA) is 51.8 Å². The van der Waals surface area contributed by atoms with Gasteiger partial charge in [0.15, 0.2) is 17.5 Å². The molecule has 0 saturated heterocycles. The Bertz CT molecular complexity index is 3300. The van der Waals surface area contributed by atoms with E-state index in [1.165, 1.54) is 65.5 Å². The number of para-hydroxylation sites is 1. The quantitative estimate of drug-likeness (QED) is 0.169. The first-order chi connectivity index (χ1) is 30.2. The summed E-state index contributed by atoms with van der Waals surface area (Å²) in [6.07, 6.45) is 6.40. The van der Waals surface area contributed by atoms with E-state index in [0.29, 0.717) is 17.5 Å². The molecular formula is C57H41N3O. The smallest absolute Gasteiger partial charge is 0.164 e. The summed E-state index contributed by atoms with van der Waals surface area (Å²) in [7, 11) is 0. The van der Waals surface area contributed by atoms with E-state index in [1.807, 2.05) is 30.3 Å². The fourth-order valence-corrected chi connectivity index (χ4v) is 10.2. The third kappa shape index (κ3) is 6.09. The molecule has 290 valence electrons. The van der Waals surface area contributed by atoms with Crippen LogP contribution in [0.3, 0.4) is 0 Å². The van der Waals surface area contributed by atoms with Crippen LogP contribution in [0.1, 0.15) is 43.2 Å². The summed E-state index contributed by atoms with van der Waals surface area (Å²) in [5.74, 6) is 1.82. The van der Waals surface area contributed by atoms with Crippen LogP contribution in [-0.2, 0) is 5.41 Å². The van der Waals surface area contributed by atoms with Gasteiger partial charge in [-0.25, -0.2) is 15.0 Å². The van der Waals surface area contributed by atoms with Crippen LogP contribution in [0.4, 0.5) is 0 Å². The van der Waals surface area contributed by atoms with E-state index >= 15 is 0 Å². The molecule has 4 nitrogen and oxygen atoms in total. The van der Waals surface area contributed by atoms with E-state index in [9.17, 15) is 0 Å². The van der Waals surface area contributed by atoms with E-state index < -0.39 is 0 Å². The van der Waals surface area contributed by atoms with Crippen molar-refractivity contribution in [1.82, 2.24) is 15.0 Å². The minimum atomic E-state index is 0.157. The molecule has 12 rings (SSSR count). The molecule has 2 aliphatic rings.